The molecule has 1 amide bonds. The van der Waals surface area contributed by atoms with E-state index >= 15 is 0 Å². The number of anilines is 1. The third-order valence-electron chi connectivity index (χ3n) is 3.04. The van der Waals surface area contributed by atoms with E-state index in [-0.39, 0.29) is 16.5 Å². The average molecular weight is 342 g/mol. The van der Waals surface area contributed by atoms with Gasteiger partial charge in [0.1, 0.15) is 22.4 Å². The molecule has 23 heavy (non-hydrogen) atoms. The molecule has 126 valence electrons. The van der Waals surface area contributed by atoms with E-state index in [9.17, 15) is 18.6 Å². The Labute approximate surface area is 135 Å². The zero-order valence-corrected chi connectivity index (χ0v) is 14.1. The summed E-state index contributed by atoms with van der Waals surface area (Å²) in [5, 5.41) is 2.57. The van der Waals surface area contributed by atoms with Gasteiger partial charge in [-0.25, -0.2) is 9.59 Å². The van der Waals surface area contributed by atoms with Crippen LogP contribution in [0.4, 0.5) is 10.5 Å². The van der Waals surface area contributed by atoms with Crippen LogP contribution in [-0.2, 0) is 25.1 Å². The van der Waals surface area contributed by atoms with Crippen molar-refractivity contribution in [3.63, 3.8) is 0 Å². The fourth-order valence-corrected chi connectivity index (χ4v) is 3.53. The van der Waals surface area contributed by atoms with E-state index in [1.54, 1.807) is 20.8 Å². The molecule has 1 aromatic heterocycles. The number of hydrogen-bond acceptors (Lipinski definition) is 6. The Morgan fingerprint density at radius 3 is 2.57 bits per heavy atom. The third-order valence-corrected chi connectivity index (χ3v) is 4.46. The van der Waals surface area contributed by atoms with Crippen LogP contribution in [0.3, 0.4) is 0 Å². The Kier molecular flexibility index (Phi) is 4.60. The number of ether oxygens (including phenoxy) is 2. The summed E-state index contributed by atoms with van der Waals surface area (Å²) in [7, 11) is -0.287. The molecular weight excluding hydrogens is 324 g/mol. The van der Waals surface area contributed by atoms with Gasteiger partial charge in [0, 0.05) is 0 Å². The van der Waals surface area contributed by atoms with Crippen LogP contribution in [0.25, 0.3) is 0 Å². The lowest BCUT2D eigenvalue weighted by molar-refractivity contribution is -0.143. The molecule has 0 unspecified atom stereocenters. The van der Waals surface area contributed by atoms with Crippen molar-refractivity contribution in [1.82, 2.24) is 4.57 Å². The van der Waals surface area contributed by atoms with Crippen LogP contribution in [0.5, 0.6) is 0 Å². The highest BCUT2D eigenvalue weighted by Crippen LogP contribution is 2.25. The van der Waals surface area contributed by atoms with Gasteiger partial charge in [-0.05, 0) is 32.9 Å². The second-order valence-corrected chi connectivity index (χ2v) is 7.38. The number of nitrogens with zero attached hydrogens (tertiary/aromatic N) is 1. The van der Waals surface area contributed by atoms with Gasteiger partial charge in [-0.1, -0.05) is 0 Å². The minimum absolute atomic E-state index is 0.0300. The largest absolute Gasteiger partial charge is 0.467 e. The summed E-state index contributed by atoms with van der Waals surface area (Å²) in [4.78, 5) is 36.0. The van der Waals surface area contributed by atoms with Crippen LogP contribution in [0.2, 0.25) is 0 Å². The number of nitrogens with one attached hydrogen (secondary N) is 1. The van der Waals surface area contributed by atoms with Crippen LogP contribution < -0.4 is 10.9 Å². The van der Waals surface area contributed by atoms with Crippen molar-refractivity contribution in [2.75, 3.05) is 18.2 Å². The van der Waals surface area contributed by atoms with Crippen molar-refractivity contribution in [3.05, 3.63) is 22.5 Å². The van der Waals surface area contributed by atoms with Crippen molar-refractivity contribution in [3.8, 4) is 0 Å². The summed E-state index contributed by atoms with van der Waals surface area (Å²) in [5.41, 5.74) is -1.40. The van der Waals surface area contributed by atoms with E-state index in [0.717, 1.165) is 4.57 Å². The van der Waals surface area contributed by atoms with Gasteiger partial charge in [0.2, 0.25) is 0 Å². The zero-order chi connectivity index (χ0) is 17.4. The van der Waals surface area contributed by atoms with Crippen LogP contribution in [-0.4, -0.2) is 39.3 Å². The summed E-state index contributed by atoms with van der Waals surface area (Å²) in [6, 6.07) is 1.81. The number of fused-ring (bicyclic) bond motifs is 1. The number of carbonyl (C=O) groups is 2. The molecule has 0 aromatic carbocycles. The average Bonchev–Trinajstić information content (AvgIpc) is 2.77. The molecule has 0 saturated heterocycles. The molecule has 1 N–H and O–H groups in total. The quantitative estimate of drug-likeness (QED) is 0.805. The van der Waals surface area contributed by atoms with E-state index in [1.165, 1.54) is 19.2 Å². The first kappa shape index (κ1) is 17.2. The van der Waals surface area contributed by atoms with Crippen molar-refractivity contribution < 1.29 is 23.3 Å². The van der Waals surface area contributed by atoms with Crippen molar-refractivity contribution >= 4 is 28.5 Å². The number of pyridine rings is 1. The molecule has 0 saturated carbocycles. The van der Waals surface area contributed by atoms with E-state index in [1.807, 2.05) is 0 Å². The van der Waals surface area contributed by atoms with E-state index in [0.29, 0.717) is 0 Å². The van der Waals surface area contributed by atoms with Gasteiger partial charge in [-0.2, -0.15) is 0 Å². The zero-order valence-electron chi connectivity index (χ0n) is 13.2. The Bertz CT molecular complexity index is 734. The summed E-state index contributed by atoms with van der Waals surface area (Å²) in [6.45, 7) is 5.08. The van der Waals surface area contributed by atoms with Crippen LogP contribution in [0, 0.1) is 0 Å². The second-order valence-electron chi connectivity index (χ2n) is 5.94. The highest BCUT2D eigenvalue weighted by atomic mass is 32.2. The third kappa shape index (κ3) is 3.61. The predicted octanol–water partition coefficient (Wildman–Crippen LogP) is 1.03. The maximum Gasteiger partial charge on any atom is 0.412 e. The minimum Gasteiger partial charge on any atom is -0.467 e. The standard InChI is InChI=1S/C14H18N2O6S/c1-14(2,3)22-13(19)15-8-5-6-10-16(11(8)17)9(7-23(10)20)12(18)21-4/h5-6,9H,7H2,1-4H3,(H,15,19)/t9-,23+/m0/s1. The maximum atomic E-state index is 12.5. The van der Waals surface area contributed by atoms with Crippen molar-refractivity contribution in [1.29, 1.82) is 0 Å². The molecule has 8 nitrogen and oxygen atoms in total. The first-order chi connectivity index (χ1) is 10.6. The van der Waals surface area contributed by atoms with E-state index in [4.69, 9.17) is 4.74 Å². The molecule has 0 aliphatic carbocycles. The topological polar surface area (TPSA) is 104 Å². The lowest BCUT2D eigenvalue weighted by Gasteiger charge is -2.20. The SMILES string of the molecule is COC(=O)[C@@H]1C[S@@](=O)c2ccc(NC(=O)OC(C)(C)C)c(=O)n21. The molecule has 0 radical (unpaired) electrons. The number of aromatic nitrogens is 1. The first-order valence-electron chi connectivity index (χ1n) is 6.86. The lowest BCUT2D eigenvalue weighted by atomic mass is 10.2. The van der Waals surface area contributed by atoms with Crippen LogP contribution in [0.1, 0.15) is 26.8 Å². The van der Waals surface area contributed by atoms with Gasteiger partial charge in [-0.15, -0.1) is 0 Å². The monoisotopic (exact) mass is 342 g/mol. The number of esters is 1. The molecular formula is C14H18N2O6S. The Hall–Kier alpha value is -2.16. The highest BCUT2D eigenvalue weighted by Gasteiger charge is 2.36. The summed E-state index contributed by atoms with van der Waals surface area (Å²) < 4.78 is 22.8. The number of rotatable bonds is 2. The van der Waals surface area contributed by atoms with Crippen molar-refractivity contribution in [2.24, 2.45) is 0 Å². The van der Waals surface area contributed by atoms with Gasteiger partial charge < -0.3 is 9.47 Å². The van der Waals surface area contributed by atoms with Gasteiger partial charge >= 0.3 is 12.1 Å². The Morgan fingerprint density at radius 1 is 1.35 bits per heavy atom. The van der Waals surface area contributed by atoms with E-state index < -0.39 is 40.1 Å². The molecule has 1 aliphatic heterocycles. The molecule has 0 fully saturated rings. The van der Waals surface area contributed by atoms with E-state index in [2.05, 4.69) is 10.1 Å². The fraction of sp³-hybridized carbons (Fsp3) is 0.500. The predicted molar refractivity (Wildman–Crippen MR) is 82.9 cm³/mol. The molecule has 2 atom stereocenters. The lowest BCUT2D eigenvalue weighted by Crippen LogP contribution is -2.33. The molecule has 1 aliphatic rings. The van der Waals surface area contributed by atoms with Gasteiger partial charge in [0.05, 0.1) is 23.7 Å². The number of carbonyl (C=O) groups excluding carboxylic acids is 2. The molecule has 0 spiro atoms. The molecule has 1 aromatic rings. The molecule has 2 heterocycles. The highest BCUT2D eigenvalue weighted by molar-refractivity contribution is 7.85. The number of amides is 1. The van der Waals surface area contributed by atoms with Gasteiger partial charge in [0.25, 0.3) is 5.56 Å². The molecule has 9 heteroatoms. The number of methoxy groups -OCH3 is 1. The first-order valence-corrected chi connectivity index (χ1v) is 8.17. The maximum absolute atomic E-state index is 12.5. The Balaban J connectivity index is 2.36. The normalized spacial score (nSPS) is 19.8. The molecule has 2 rings (SSSR count). The Morgan fingerprint density at radius 2 is 2.00 bits per heavy atom. The smallest absolute Gasteiger partial charge is 0.412 e. The van der Waals surface area contributed by atoms with Gasteiger partial charge in [0.15, 0.2) is 0 Å². The summed E-state index contributed by atoms with van der Waals surface area (Å²) >= 11 is 0. The summed E-state index contributed by atoms with van der Waals surface area (Å²) in [5.74, 6) is -0.689. The molecule has 0 bridgehead atoms. The second kappa shape index (κ2) is 6.15. The van der Waals surface area contributed by atoms with Crippen LogP contribution >= 0.6 is 0 Å². The minimum atomic E-state index is -1.48. The summed E-state index contributed by atoms with van der Waals surface area (Å²) in [6.07, 6.45) is -0.788. The number of hydrogen-bond donors (Lipinski definition) is 1. The van der Waals surface area contributed by atoms with Crippen LogP contribution in [0.15, 0.2) is 22.0 Å². The fourth-order valence-electron chi connectivity index (χ4n) is 2.14. The van der Waals surface area contributed by atoms with Gasteiger partial charge in [-0.3, -0.25) is 18.9 Å². The van der Waals surface area contributed by atoms with Crippen molar-refractivity contribution in [2.45, 2.75) is 37.4 Å².